The Labute approximate surface area is 158 Å². The fourth-order valence-electron chi connectivity index (χ4n) is 3.43. The van der Waals surface area contributed by atoms with Gasteiger partial charge in [0.1, 0.15) is 0 Å². The predicted molar refractivity (Wildman–Crippen MR) is 105 cm³/mol. The Morgan fingerprint density at radius 2 is 1.88 bits per heavy atom. The minimum Gasteiger partial charge on any atom is -0.466 e. The lowest BCUT2D eigenvalue weighted by atomic mass is 9.92. The van der Waals surface area contributed by atoms with E-state index < -0.39 is 0 Å². The van der Waals surface area contributed by atoms with Crippen molar-refractivity contribution in [1.29, 1.82) is 0 Å². The molecule has 0 saturated carbocycles. The van der Waals surface area contributed by atoms with Crippen LogP contribution in [0.1, 0.15) is 46.5 Å². The second kappa shape index (κ2) is 13.8. The maximum atomic E-state index is 11.4. The molecule has 1 heterocycles. The normalized spacial score (nSPS) is 17.2. The van der Waals surface area contributed by atoms with Crippen LogP contribution in [0.15, 0.2) is 4.99 Å². The summed E-state index contributed by atoms with van der Waals surface area (Å²) in [5, 5.41) is 6.76. The summed E-state index contributed by atoms with van der Waals surface area (Å²) in [5.41, 5.74) is 0. The van der Waals surface area contributed by atoms with Crippen LogP contribution < -0.4 is 10.6 Å². The van der Waals surface area contributed by atoms with E-state index >= 15 is 0 Å². The maximum absolute atomic E-state index is 11.4. The molecule has 0 amide bonds. The zero-order valence-corrected chi connectivity index (χ0v) is 17.1. The van der Waals surface area contributed by atoms with Gasteiger partial charge in [0.15, 0.2) is 5.96 Å². The van der Waals surface area contributed by atoms with Crippen LogP contribution in [0.5, 0.6) is 0 Å². The molecule has 26 heavy (non-hydrogen) atoms. The number of rotatable bonds is 11. The second-order valence-electron chi connectivity index (χ2n) is 6.58. The maximum Gasteiger partial charge on any atom is 0.305 e. The predicted octanol–water partition coefficient (Wildman–Crippen LogP) is 1.63. The van der Waals surface area contributed by atoms with E-state index in [2.05, 4.69) is 34.4 Å². The standard InChI is InChI=1S/C19H38N4O3/c1-5-16(6-2)17(23-11-13-25-14-12-23)15-22-19(20-4)21-10-8-9-18(24)26-7-3/h16-17H,5-15H2,1-4H3,(H2,20,21,22). The number of nitrogens with one attached hydrogen (secondary N) is 2. The summed E-state index contributed by atoms with van der Waals surface area (Å²) in [5.74, 6) is 1.30. The number of hydrogen-bond acceptors (Lipinski definition) is 5. The highest BCUT2D eigenvalue weighted by atomic mass is 16.5. The number of carbonyl (C=O) groups excluding carboxylic acids is 1. The number of carbonyl (C=O) groups is 1. The Bertz CT molecular complexity index is 408. The number of hydrogen-bond donors (Lipinski definition) is 2. The summed E-state index contributed by atoms with van der Waals surface area (Å²) in [6.07, 6.45) is 3.51. The zero-order valence-electron chi connectivity index (χ0n) is 17.1. The van der Waals surface area contributed by atoms with E-state index in [0.717, 1.165) is 45.2 Å². The van der Waals surface area contributed by atoms with Gasteiger partial charge in [0.25, 0.3) is 0 Å². The Hall–Kier alpha value is -1.34. The van der Waals surface area contributed by atoms with Crippen molar-refractivity contribution in [3.63, 3.8) is 0 Å². The van der Waals surface area contributed by atoms with Gasteiger partial charge in [-0.15, -0.1) is 0 Å². The van der Waals surface area contributed by atoms with Crippen molar-refractivity contribution >= 4 is 11.9 Å². The summed E-state index contributed by atoms with van der Waals surface area (Å²) < 4.78 is 10.5. The van der Waals surface area contributed by atoms with Crippen LogP contribution in [0, 0.1) is 5.92 Å². The van der Waals surface area contributed by atoms with Crippen LogP contribution in [-0.2, 0) is 14.3 Å². The SMILES string of the molecule is CCOC(=O)CCCNC(=NC)NCC(C(CC)CC)N1CCOCC1. The molecule has 1 aliphatic rings. The molecule has 1 atom stereocenters. The van der Waals surface area contributed by atoms with Gasteiger partial charge in [-0.1, -0.05) is 26.7 Å². The molecule has 7 heteroatoms. The summed E-state index contributed by atoms with van der Waals surface area (Å²) in [7, 11) is 1.78. The van der Waals surface area contributed by atoms with Crippen molar-refractivity contribution < 1.29 is 14.3 Å². The van der Waals surface area contributed by atoms with Crippen LogP contribution in [-0.4, -0.2) is 75.9 Å². The van der Waals surface area contributed by atoms with Gasteiger partial charge in [-0.2, -0.15) is 0 Å². The average molecular weight is 371 g/mol. The van der Waals surface area contributed by atoms with Gasteiger partial charge in [-0.3, -0.25) is 14.7 Å². The van der Waals surface area contributed by atoms with Crippen LogP contribution in [0.2, 0.25) is 0 Å². The number of nitrogens with zero attached hydrogens (tertiary/aromatic N) is 2. The van der Waals surface area contributed by atoms with E-state index in [1.807, 2.05) is 6.92 Å². The molecule has 1 fully saturated rings. The van der Waals surface area contributed by atoms with Crippen molar-refractivity contribution in [3.8, 4) is 0 Å². The highest BCUT2D eigenvalue weighted by Crippen LogP contribution is 2.19. The Morgan fingerprint density at radius 3 is 2.46 bits per heavy atom. The van der Waals surface area contributed by atoms with Crippen molar-refractivity contribution in [2.75, 3.05) is 53.0 Å². The smallest absolute Gasteiger partial charge is 0.305 e. The summed E-state index contributed by atoms with van der Waals surface area (Å²) in [6.45, 7) is 12.0. The number of ether oxygens (including phenoxy) is 2. The van der Waals surface area contributed by atoms with Crippen molar-refractivity contribution in [3.05, 3.63) is 0 Å². The molecule has 152 valence electrons. The quantitative estimate of drug-likeness (QED) is 0.249. The highest BCUT2D eigenvalue weighted by molar-refractivity contribution is 5.79. The largest absolute Gasteiger partial charge is 0.466 e. The molecule has 1 rings (SSSR count). The first-order valence-electron chi connectivity index (χ1n) is 10.1. The van der Waals surface area contributed by atoms with Gasteiger partial charge in [-0.25, -0.2) is 0 Å². The lowest BCUT2D eigenvalue weighted by molar-refractivity contribution is -0.143. The van der Waals surface area contributed by atoms with Gasteiger partial charge >= 0.3 is 5.97 Å². The van der Waals surface area contributed by atoms with E-state index in [1.165, 1.54) is 12.8 Å². The molecule has 1 unspecified atom stereocenters. The van der Waals surface area contributed by atoms with E-state index in [9.17, 15) is 4.79 Å². The van der Waals surface area contributed by atoms with E-state index in [0.29, 0.717) is 31.5 Å². The molecule has 2 N–H and O–H groups in total. The van der Waals surface area contributed by atoms with Gasteiger partial charge < -0.3 is 20.1 Å². The topological polar surface area (TPSA) is 75.2 Å². The Kier molecular flexibility index (Phi) is 12.1. The fourth-order valence-corrected chi connectivity index (χ4v) is 3.43. The highest BCUT2D eigenvalue weighted by Gasteiger charge is 2.26. The third-order valence-electron chi connectivity index (χ3n) is 4.97. The van der Waals surface area contributed by atoms with Crippen molar-refractivity contribution in [2.24, 2.45) is 10.9 Å². The van der Waals surface area contributed by atoms with Crippen LogP contribution in [0.4, 0.5) is 0 Å². The molecule has 0 spiro atoms. The third-order valence-corrected chi connectivity index (χ3v) is 4.97. The minimum absolute atomic E-state index is 0.140. The summed E-state index contributed by atoms with van der Waals surface area (Å²) in [6, 6.07) is 0.479. The van der Waals surface area contributed by atoms with Gasteiger partial charge in [0.2, 0.25) is 0 Å². The molecule has 0 radical (unpaired) electrons. The molecule has 0 aromatic rings. The van der Waals surface area contributed by atoms with Crippen LogP contribution in [0.25, 0.3) is 0 Å². The lowest BCUT2D eigenvalue weighted by Gasteiger charge is -2.39. The fraction of sp³-hybridized carbons (Fsp3) is 0.895. The first-order valence-corrected chi connectivity index (χ1v) is 10.1. The van der Waals surface area contributed by atoms with Crippen molar-refractivity contribution in [2.45, 2.75) is 52.5 Å². The van der Waals surface area contributed by atoms with Gasteiger partial charge in [0, 0.05) is 45.7 Å². The van der Waals surface area contributed by atoms with E-state index in [4.69, 9.17) is 9.47 Å². The minimum atomic E-state index is -0.140. The number of aliphatic imine (C=N–C) groups is 1. The molecular weight excluding hydrogens is 332 g/mol. The molecule has 1 saturated heterocycles. The van der Waals surface area contributed by atoms with Crippen LogP contribution in [0.3, 0.4) is 0 Å². The average Bonchev–Trinajstić information content (AvgIpc) is 2.67. The lowest BCUT2D eigenvalue weighted by Crippen LogP contribution is -2.53. The van der Waals surface area contributed by atoms with E-state index in [-0.39, 0.29) is 5.97 Å². The molecular formula is C19H38N4O3. The third kappa shape index (κ3) is 8.36. The number of morpholine rings is 1. The molecule has 0 aromatic heterocycles. The van der Waals surface area contributed by atoms with Crippen molar-refractivity contribution in [1.82, 2.24) is 15.5 Å². The molecule has 7 nitrogen and oxygen atoms in total. The zero-order chi connectivity index (χ0) is 19.2. The first-order chi connectivity index (χ1) is 12.7. The molecule has 1 aliphatic heterocycles. The monoisotopic (exact) mass is 370 g/mol. The van der Waals surface area contributed by atoms with E-state index in [1.54, 1.807) is 7.05 Å². The second-order valence-corrected chi connectivity index (χ2v) is 6.58. The molecule has 0 bridgehead atoms. The molecule has 0 aromatic carbocycles. The summed E-state index contributed by atoms with van der Waals surface area (Å²) >= 11 is 0. The number of guanidine groups is 1. The number of esters is 1. The van der Waals surface area contributed by atoms with Gasteiger partial charge in [0.05, 0.1) is 19.8 Å². The Morgan fingerprint density at radius 1 is 1.19 bits per heavy atom. The van der Waals surface area contributed by atoms with Crippen LogP contribution >= 0.6 is 0 Å². The van der Waals surface area contributed by atoms with Gasteiger partial charge in [-0.05, 0) is 19.3 Å². The molecule has 0 aliphatic carbocycles. The summed E-state index contributed by atoms with van der Waals surface area (Å²) in [4.78, 5) is 18.2. The Balaban J connectivity index is 2.44. The first kappa shape index (κ1) is 22.7.